The molecule has 1 aromatic carbocycles. The van der Waals surface area contributed by atoms with E-state index in [2.05, 4.69) is 16.5 Å². The molecular weight excluding hydrogens is 267 g/mol. The number of para-hydroxylation sites is 1. The van der Waals surface area contributed by atoms with Crippen molar-refractivity contribution < 1.29 is 0 Å². The third-order valence-electron chi connectivity index (χ3n) is 3.76. The fraction of sp³-hybridized carbons (Fsp3) is 0.500. The topological polar surface area (TPSA) is 17.8 Å². The lowest BCUT2D eigenvalue weighted by atomic mass is 10.2. The molecule has 3 rings (SSSR count). The van der Waals surface area contributed by atoms with Crippen LogP contribution in [-0.2, 0) is 6.42 Å². The zero-order chi connectivity index (χ0) is 12.7. The number of imidazole rings is 1. The number of hydrogen-bond donors (Lipinski definition) is 0. The minimum Gasteiger partial charge on any atom is -0.324 e. The second kappa shape index (κ2) is 4.75. The molecule has 1 saturated carbocycles. The van der Waals surface area contributed by atoms with E-state index in [4.69, 9.17) is 23.2 Å². The van der Waals surface area contributed by atoms with Crippen LogP contribution < -0.4 is 0 Å². The fourth-order valence-electron chi connectivity index (χ4n) is 2.64. The van der Waals surface area contributed by atoms with Crippen LogP contribution in [0.25, 0.3) is 11.0 Å². The maximum absolute atomic E-state index is 6.35. The lowest BCUT2D eigenvalue weighted by Gasteiger charge is -2.17. The van der Waals surface area contributed by atoms with Gasteiger partial charge in [-0.3, -0.25) is 0 Å². The van der Waals surface area contributed by atoms with E-state index < -0.39 is 0 Å². The van der Waals surface area contributed by atoms with E-state index in [-0.39, 0.29) is 0 Å². The molecule has 1 heterocycles. The molecule has 0 spiro atoms. The normalized spacial score (nSPS) is 17.3. The Morgan fingerprint density at radius 2 is 2.22 bits per heavy atom. The molecule has 0 N–H and O–H groups in total. The molecule has 0 radical (unpaired) electrons. The van der Waals surface area contributed by atoms with Crippen LogP contribution in [0, 0.1) is 5.92 Å². The number of aromatic nitrogens is 2. The van der Waals surface area contributed by atoms with Crippen LogP contribution >= 0.6 is 23.2 Å². The average Bonchev–Trinajstić information content (AvgIpc) is 3.12. The van der Waals surface area contributed by atoms with Gasteiger partial charge in [-0.15, -0.1) is 11.6 Å². The number of nitrogens with zero attached hydrogens (tertiary/aromatic N) is 2. The smallest absolute Gasteiger partial charge is 0.111 e. The van der Waals surface area contributed by atoms with Crippen molar-refractivity contribution in [1.82, 2.24) is 9.55 Å². The van der Waals surface area contributed by atoms with Gasteiger partial charge >= 0.3 is 0 Å². The number of rotatable bonds is 4. The van der Waals surface area contributed by atoms with E-state index in [1.54, 1.807) is 0 Å². The van der Waals surface area contributed by atoms with Gasteiger partial charge in [0.1, 0.15) is 5.82 Å². The quantitative estimate of drug-likeness (QED) is 0.758. The second-order valence-corrected chi connectivity index (χ2v) is 5.81. The highest BCUT2D eigenvalue weighted by Gasteiger charge is 2.31. The Hall–Kier alpha value is -0.730. The fourth-order valence-corrected chi connectivity index (χ4v) is 3.07. The lowest BCUT2D eigenvalue weighted by Crippen LogP contribution is -2.11. The number of fused-ring (bicyclic) bond motifs is 1. The standard InChI is InChI=1S/C14H16Cl2N2/c1-9(10-5-6-10)18-13(7-8-15)17-12-4-2-3-11(16)14(12)18/h2-4,9-10H,5-8H2,1H3. The Bertz CT molecular complexity index is 572. The Morgan fingerprint density at radius 3 is 2.89 bits per heavy atom. The summed E-state index contributed by atoms with van der Waals surface area (Å²) >= 11 is 12.2. The largest absolute Gasteiger partial charge is 0.324 e. The van der Waals surface area contributed by atoms with Crippen LogP contribution in [0.15, 0.2) is 18.2 Å². The van der Waals surface area contributed by atoms with Gasteiger partial charge in [0, 0.05) is 18.3 Å². The van der Waals surface area contributed by atoms with Crippen LogP contribution in [0.4, 0.5) is 0 Å². The number of hydrogen-bond acceptors (Lipinski definition) is 1. The van der Waals surface area contributed by atoms with Crippen molar-refractivity contribution >= 4 is 34.2 Å². The first-order chi connectivity index (χ1) is 8.72. The first-order valence-electron chi connectivity index (χ1n) is 6.43. The van der Waals surface area contributed by atoms with Gasteiger partial charge in [0.2, 0.25) is 0 Å². The zero-order valence-corrected chi connectivity index (χ0v) is 11.9. The minimum atomic E-state index is 0.466. The van der Waals surface area contributed by atoms with Crippen molar-refractivity contribution in [3.63, 3.8) is 0 Å². The highest BCUT2D eigenvalue weighted by atomic mass is 35.5. The van der Waals surface area contributed by atoms with Crippen molar-refractivity contribution in [2.24, 2.45) is 5.92 Å². The number of aryl methyl sites for hydroxylation is 1. The molecule has 1 aliphatic rings. The van der Waals surface area contributed by atoms with Gasteiger partial charge in [0.05, 0.1) is 16.1 Å². The molecule has 1 atom stereocenters. The van der Waals surface area contributed by atoms with Crippen LogP contribution in [0.2, 0.25) is 5.02 Å². The molecule has 1 fully saturated rings. The van der Waals surface area contributed by atoms with Crippen molar-refractivity contribution in [3.05, 3.63) is 29.0 Å². The molecule has 2 nitrogen and oxygen atoms in total. The predicted molar refractivity (Wildman–Crippen MR) is 76.6 cm³/mol. The highest BCUT2D eigenvalue weighted by Crippen LogP contribution is 2.42. The molecule has 0 saturated heterocycles. The van der Waals surface area contributed by atoms with E-state index >= 15 is 0 Å². The van der Waals surface area contributed by atoms with Gasteiger partial charge in [-0.2, -0.15) is 0 Å². The number of alkyl halides is 1. The van der Waals surface area contributed by atoms with Crippen LogP contribution in [0.5, 0.6) is 0 Å². The van der Waals surface area contributed by atoms with Gasteiger partial charge in [0.25, 0.3) is 0 Å². The molecule has 1 aromatic heterocycles. The minimum absolute atomic E-state index is 0.466. The van der Waals surface area contributed by atoms with Crippen LogP contribution in [0.3, 0.4) is 0 Å². The van der Waals surface area contributed by atoms with Crippen molar-refractivity contribution in [3.8, 4) is 0 Å². The van der Waals surface area contributed by atoms with E-state index in [0.717, 1.165) is 34.2 Å². The second-order valence-electron chi connectivity index (χ2n) is 5.02. The Balaban J connectivity index is 2.19. The summed E-state index contributed by atoms with van der Waals surface area (Å²) in [6, 6.07) is 6.38. The number of halogens is 2. The molecule has 4 heteroatoms. The van der Waals surface area contributed by atoms with E-state index in [9.17, 15) is 0 Å². The molecule has 1 unspecified atom stereocenters. The summed E-state index contributed by atoms with van der Waals surface area (Å²) in [7, 11) is 0. The summed E-state index contributed by atoms with van der Waals surface area (Å²) in [5.74, 6) is 2.43. The van der Waals surface area contributed by atoms with Gasteiger partial charge in [-0.05, 0) is 37.8 Å². The average molecular weight is 283 g/mol. The van der Waals surface area contributed by atoms with Gasteiger partial charge in [-0.1, -0.05) is 17.7 Å². The summed E-state index contributed by atoms with van der Waals surface area (Å²) in [6.07, 6.45) is 3.42. The lowest BCUT2D eigenvalue weighted by molar-refractivity contribution is 0.482. The molecule has 18 heavy (non-hydrogen) atoms. The van der Waals surface area contributed by atoms with Gasteiger partial charge in [0.15, 0.2) is 0 Å². The van der Waals surface area contributed by atoms with E-state index in [1.807, 2.05) is 18.2 Å². The molecule has 0 aliphatic heterocycles. The maximum Gasteiger partial charge on any atom is 0.111 e. The summed E-state index contributed by atoms with van der Waals surface area (Å²) in [4.78, 5) is 4.69. The molecule has 96 valence electrons. The summed E-state index contributed by atoms with van der Waals surface area (Å²) < 4.78 is 2.30. The molecule has 1 aliphatic carbocycles. The van der Waals surface area contributed by atoms with Crippen molar-refractivity contribution in [1.29, 1.82) is 0 Å². The highest BCUT2D eigenvalue weighted by molar-refractivity contribution is 6.35. The molecule has 0 amide bonds. The molecular formula is C14H16Cl2N2. The maximum atomic E-state index is 6.35. The number of benzene rings is 1. The van der Waals surface area contributed by atoms with Crippen molar-refractivity contribution in [2.75, 3.05) is 5.88 Å². The summed E-state index contributed by atoms with van der Waals surface area (Å²) in [5.41, 5.74) is 2.05. The first-order valence-corrected chi connectivity index (χ1v) is 7.35. The SMILES string of the molecule is CC(C1CC1)n1c(CCCl)nc2cccc(Cl)c21. The van der Waals surface area contributed by atoms with E-state index in [0.29, 0.717) is 11.9 Å². The third kappa shape index (κ3) is 2.02. The first kappa shape index (κ1) is 12.3. The predicted octanol–water partition coefficient (Wildman–Crippen LogP) is 4.44. The zero-order valence-electron chi connectivity index (χ0n) is 10.4. The molecule has 2 aromatic rings. The van der Waals surface area contributed by atoms with Gasteiger partial charge in [-0.25, -0.2) is 4.98 Å². The van der Waals surface area contributed by atoms with Crippen LogP contribution in [0.1, 0.15) is 31.6 Å². The monoisotopic (exact) mass is 282 g/mol. The van der Waals surface area contributed by atoms with Crippen molar-refractivity contribution in [2.45, 2.75) is 32.2 Å². The summed E-state index contributed by atoms with van der Waals surface area (Å²) in [6.45, 7) is 2.26. The Morgan fingerprint density at radius 1 is 1.44 bits per heavy atom. The summed E-state index contributed by atoms with van der Waals surface area (Å²) in [5, 5.41) is 0.785. The third-order valence-corrected chi connectivity index (χ3v) is 4.26. The molecule has 0 bridgehead atoms. The van der Waals surface area contributed by atoms with E-state index in [1.165, 1.54) is 12.8 Å². The Labute approximate surface area is 117 Å². The van der Waals surface area contributed by atoms with Crippen LogP contribution in [-0.4, -0.2) is 15.4 Å². The Kier molecular flexibility index (Phi) is 3.25. The van der Waals surface area contributed by atoms with Gasteiger partial charge < -0.3 is 4.57 Å².